The number of carbonyl (C=O) groups excluding carboxylic acids is 1. The van der Waals surface area contributed by atoms with Crippen molar-refractivity contribution >= 4 is 11.6 Å². The van der Waals surface area contributed by atoms with Crippen molar-refractivity contribution in [1.29, 1.82) is 0 Å². The quantitative estimate of drug-likeness (QED) is 0.696. The van der Waals surface area contributed by atoms with Crippen molar-refractivity contribution in [3.63, 3.8) is 0 Å². The molecule has 0 aromatic heterocycles. The van der Waals surface area contributed by atoms with Crippen LogP contribution in [-0.4, -0.2) is 10.8 Å². The lowest BCUT2D eigenvalue weighted by Crippen LogP contribution is -2.11. The summed E-state index contributed by atoms with van der Waals surface area (Å²) >= 11 is 0. The van der Waals surface area contributed by atoms with Crippen LogP contribution >= 0.6 is 0 Å². The molecule has 8 heteroatoms. The number of hydrogen-bond acceptors (Lipinski definition) is 3. The van der Waals surface area contributed by atoms with Gasteiger partial charge in [-0.1, -0.05) is 12.1 Å². The Morgan fingerprint density at radius 2 is 1.64 bits per heavy atom. The predicted octanol–water partition coefficient (Wildman–Crippen LogP) is 3.38. The zero-order chi connectivity index (χ0) is 16.5. The highest BCUT2D eigenvalue weighted by Crippen LogP contribution is 2.32. The van der Waals surface area contributed by atoms with Gasteiger partial charge in [0.15, 0.2) is 0 Å². The molecule has 0 aliphatic rings. The lowest BCUT2D eigenvalue weighted by atomic mass is 10.0. The van der Waals surface area contributed by atoms with Crippen molar-refractivity contribution in [1.82, 2.24) is 0 Å². The van der Waals surface area contributed by atoms with Gasteiger partial charge in [-0.15, -0.1) is 0 Å². The van der Waals surface area contributed by atoms with E-state index in [0.717, 1.165) is 24.3 Å². The second kappa shape index (κ2) is 5.47. The van der Waals surface area contributed by atoms with E-state index in [4.69, 9.17) is 5.73 Å². The average molecular weight is 310 g/mol. The van der Waals surface area contributed by atoms with E-state index in [1.807, 2.05) is 0 Å². The minimum Gasteiger partial charge on any atom is -0.366 e. The Bertz CT molecular complexity index is 708. The molecule has 0 radical (unpaired) electrons. The van der Waals surface area contributed by atoms with Crippen molar-refractivity contribution in [2.24, 2.45) is 5.73 Å². The van der Waals surface area contributed by atoms with Gasteiger partial charge in [-0.05, 0) is 29.3 Å². The Morgan fingerprint density at radius 3 is 2.09 bits per heavy atom. The number of amides is 1. The van der Waals surface area contributed by atoms with Crippen LogP contribution in [0.2, 0.25) is 0 Å². The van der Waals surface area contributed by atoms with E-state index in [-0.39, 0.29) is 16.8 Å². The second-order valence-corrected chi connectivity index (χ2v) is 4.47. The topological polar surface area (TPSA) is 86.2 Å². The van der Waals surface area contributed by atoms with Crippen LogP contribution in [0.4, 0.5) is 18.9 Å². The third-order valence-corrected chi connectivity index (χ3v) is 2.96. The summed E-state index contributed by atoms with van der Waals surface area (Å²) in [6.45, 7) is 0. The summed E-state index contributed by atoms with van der Waals surface area (Å²) in [5.41, 5.74) is 4.34. The molecule has 0 unspecified atom stereocenters. The molecule has 0 aliphatic carbocycles. The van der Waals surface area contributed by atoms with Crippen LogP contribution in [0.25, 0.3) is 11.1 Å². The van der Waals surface area contributed by atoms with E-state index in [1.54, 1.807) is 0 Å². The number of nitrogens with zero attached hydrogens (tertiary/aromatic N) is 1. The molecule has 0 atom stereocenters. The van der Waals surface area contributed by atoms with Crippen LogP contribution in [0, 0.1) is 10.1 Å². The van der Waals surface area contributed by atoms with Gasteiger partial charge in [-0.3, -0.25) is 14.9 Å². The van der Waals surface area contributed by atoms with Crippen molar-refractivity contribution in [2.45, 2.75) is 6.18 Å². The van der Waals surface area contributed by atoms with Gasteiger partial charge < -0.3 is 5.73 Å². The van der Waals surface area contributed by atoms with Gasteiger partial charge in [0, 0.05) is 17.7 Å². The molecule has 0 heterocycles. The standard InChI is InChI=1S/C14H9F3N2O3/c15-14(16,17)11-3-1-8(2-4-11)9-5-10(13(18)20)7-12(6-9)19(21)22/h1-7H,(H2,18,20). The second-order valence-electron chi connectivity index (χ2n) is 4.47. The van der Waals surface area contributed by atoms with Crippen LogP contribution in [0.15, 0.2) is 42.5 Å². The van der Waals surface area contributed by atoms with Crippen LogP contribution in [0.5, 0.6) is 0 Å². The first-order valence-electron chi connectivity index (χ1n) is 5.95. The van der Waals surface area contributed by atoms with Crippen molar-refractivity contribution in [3.05, 3.63) is 63.7 Å². The van der Waals surface area contributed by atoms with Crippen LogP contribution in [-0.2, 0) is 6.18 Å². The normalized spacial score (nSPS) is 11.2. The number of hydrogen-bond donors (Lipinski definition) is 1. The summed E-state index contributed by atoms with van der Waals surface area (Å²) in [6.07, 6.45) is -4.47. The van der Waals surface area contributed by atoms with Crippen LogP contribution in [0.1, 0.15) is 15.9 Å². The summed E-state index contributed by atoms with van der Waals surface area (Å²) in [4.78, 5) is 21.3. The molecule has 0 saturated carbocycles. The lowest BCUT2D eigenvalue weighted by Gasteiger charge is -2.08. The Labute approximate surface area is 122 Å². The molecule has 1 amide bonds. The summed E-state index contributed by atoms with van der Waals surface area (Å²) in [5, 5.41) is 10.8. The van der Waals surface area contributed by atoms with E-state index >= 15 is 0 Å². The Hall–Kier alpha value is -2.90. The third kappa shape index (κ3) is 3.22. The summed E-state index contributed by atoms with van der Waals surface area (Å²) < 4.78 is 37.5. The number of primary amides is 1. The number of nitrogens with two attached hydrogens (primary N) is 1. The number of benzene rings is 2. The van der Waals surface area contributed by atoms with Crippen LogP contribution < -0.4 is 5.73 Å². The highest BCUT2D eigenvalue weighted by atomic mass is 19.4. The fourth-order valence-corrected chi connectivity index (χ4v) is 1.88. The molecule has 0 fully saturated rings. The maximum absolute atomic E-state index is 12.5. The fraction of sp³-hybridized carbons (Fsp3) is 0.0714. The molecular formula is C14H9F3N2O3. The largest absolute Gasteiger partial charge is 0.416 e. The average Bonchev–Trinajstić information content (AvgIpc) is 2.46. The zero-order valence-corrected chi connectivity index (χ0v) is 10.9. The van der Waals surface area contributed by atoms with Gasteiger partial charge in [0.05, 0.1) is 10.5 Å². The zero-order valence-electron chi connectivity index (χ0n) is 10.9. The Balaban J connectivity index is 2.52. The van der Waals surface area contributed by atoms with Crippen LogP contribution in [0.3, 0.4) is 0 Å². The first kappa shape index (κ1) is 15.5. The molecule has 0 aliphatic heterocycles. The molecule has 22 heavy (non-hydrogen) atoms. The van der Waals surface area contributed by atoms with E-state index in [0.29, 0.717) is 5.56 Å². The number of rotatable bonds is 3. The van der Waals surface area contributed by atoms with Crippen molar-refractivity contribution < 1.29 is 22.9 Å². The Morgan fingerprint density at radius 1 is 1.05 bits per heavy atom. The summed E-state index contributed by atoms with van der Waals surface area (Å²) in [5.74, 6) is -0.864. The fourth-order valence-electron chi connectivity index (χ4n) is 1.88. The maximum Gasteiger partial charge on any atom is 0.416 e. The van der Waals surface area contributed by atoms with Gasteiger partial charge in [-0.25, -0.2) is 0 Å². The first-order chi connectivity index (χ1) is 10.2. The van der Waals surface area contributed by atoms with Crippen molar-refractivity contribution in [3.8, 4) is 11.1 Å². The van der Waals surface area contributed by atoms with Gasteiger partial charge in [-0.2, -0.15) is 13.2 Å². The number of halogens is 3. The number of alkyl halides is 3. The molecule has 2 rings (SSSR count). The minimum absolute atomic E-state index is 0.0934. The number of non-ortho nitro benzene ring substituents is 1. The predicted molar refractivity (Wildman–Crippen MR) is 72.1 cm³/mol. The smallest absolute Gasteiger partial charge is 0.366 e. The molecular weight excluding hydrogens is 301 g/mol. The molecule has 2 N–H and O–H groups in total. The summed E-state index contributed by atoms with van der Waals surface area (Å²) in [6, 6.07) is 7.53. The minimum atomic E-state index is -4.47. The van der Waals surface area contributed by atoms with Gasteiger partial charge in [0.2, 0.25) is 5.91 Å². The third-order valence-electron chi connectivity index (χ3n) is 2.96. The van der Waals surface area contributed by atoms with E-state index < -0.39 is 22.6 Å². The maximum atomic E-state index is 12.5. The van der Waals surface area contributed by atoms with Crippen molar-refractivity contribution in [2.75, 3.05) is 0 Å². The highest BCUT2D eigenvalue weighted by molar-refractivity contribution is 5.95. The number of carbonyl (C=O) groups is 1. The van der Waals surface area contributed by atoms with Gasteiger partial charge in [0.1, 0.15) is 0 Å². The highest BCUT2D eigenvalue weighted by Gasteiger charge is 2.30. The molecule has 0 bridgehead atoms. The summed E-state index contributed by atoms with van der Waals surface area (Å²) in [7, 11) is 0. The molecule has 5 nitrogen and oxygen atoms in total. The molecule has 114 valence electrons. The molecule has 2 aromatic rings. The van der Waals surface area contributed by atoms with E-state index in [9.17, 15) is 28.1 Å². The number of nitro benzene ring substituents is 1. The van der Waals surface area contributed by atoms with E-state index in [1.165, 1.54) is 18.2 Å². The van der Waals surface area contributed by atoms with E-state index in [2.05, 4.69) is 0 Å². The molecule has 0 saturated heterocycles. The van der Waals surface area contributed by atoms with Gasteiger partial charge >= 0.3 is 6.18 Å². The van der Waals surface area contributed by atoms with Gasteiger partial charge in [0.25, 0.3) is 5.69 Å². The molecule has 0 spiro atoms. The molecule has 2 aromatic carbocycles. The first-order valence-corrected chi connectivity index (χ1v) is 5.95. The Kier molecular flexibility index (Phi) is 3.85. The lowest BCUT2D eigenvalue weighted by molar-refractivity contribution is -0.384. The SMILES string of the molecule is NC(=O)c1cc(-c2ccc(C(F)(F)F)cc2)cc([N+](=O)[O-])c1. The number of nitro groups is 1. The monoisotopic (exact) mass is 310 g/mol.